The molecule has 0 saturated carbocycles. The van der Waals surface area contributed by atoms with E-state index >= 15 is 0 Å². The number of hydrogen-bond acceptors (Lipinski definition) is 3. The standard InChI is InChI=1S/C26H20O3/c1-19-15-17-22(18-16-19)28-26(27)29-25-23(20-9-4-2-5-10-20)13-8-14-24(25)21-11-6-3-7-12-21/h2-18H,1H3. The van der Waals surface area contributed by atoms with Gasteiger partial charge in [-0.2, -0.15) is 0 Å². The van der Waals surface area contributed by atoms with Crippen molar-refractivity contribution >= 4 is 6.16 Å². The Bertz CT molecular complexity index is 1040. The number of ether oxygens (including phenoxy) is 2. The highest BCUT2D eigenvalue weighted by atomic mass is 16.7. The Labute approximate surface area is 170 Å². The van der Waals surface area contributed by atoms with Crippen molar-refractivity contribution in [3.63, 3.8) is 0 Å². The van der Waals surface area contributed by atoms with Gasteiger partial charge in [0.2, 0.25) is 0 Å². The number of rotatable bonds is 4. The van der Waals surface area contributed by atoms with E-state index in [-0.39, 0.29) is 0 Å². The van der Waals surface area contributed by atoms with Gasteiger partial charge in [-0.3, -0.25) is 0 Å². The molecular weight excluding hydrogens is 360 g/mol. The molecule has 4 aromatic carbocycles. The monoisotopic (exact) mass is 380 g/mol. The maximum absolute atomic E-state index is 12.6. The third kappa shape index (κ3) is 4.36. The van der Waals surface area contributed by atoms with E-state index in [2.05, 4.69) is 0 Å². The van der Waals surface area contributed by atoms with E-state index in [1.54, 1.807) is 12.1 Å². The fourth-order valence-corrected chi connectivity index (χ4v) is 3.14. The van der Waals surface area contributed by atoms with Crippen molar-refractivity contribution in [2.75, 3.05) is 0 Å². The zero-order chi connectivity index (χ0) is 20.1. The first-order valence-corrected chi connectivity index (χ1v) is 9.41. The predicted octanol–water partition coefficient (Wildman–Crippen LogP) is 6.91. The van der Waals surface area contributed by atoms with E-state index in [1.807, 2.05) is 97.9 Å². The zero-order valence-electron chi connectivity index (χ0n) is 16.0. The summed E-state index contributed by atoms with van der Waals surface area (Å²) in [4.78, 5) is 12.6. The summed E-state index contributed by atoms with van der Waals surface area (Å²) in [5, 5.41) is 0. The second-order valence-electron chi connectivity index (χ2n) is 6.68. The van der Waals surface area contributed by atoms with Gasteiger partial charge in [-0.15, -0.1) is 0 Å². The second-order valence-corrected chi connectivity index (χ2v) is 6.68. The first kappa shape index (κ1) is 18.5. The van der Waals surface area contributed by atoms with Crippen molar-refractivity contribution in [3.8, 4) is 33.8 Å². The van der Waals surface area contributed by atoms with Crippen molar-refractivity contribution < 1.29 is 14.3 Å². The van der Waals surface area contributed by atoms with Gasteiger partial charge in [0.25, 0.3) is 0 Å². The Balaban J connectivity index is 1.73. The molecular formula is C26H20O3. The van der Waals surface area contributed by atoms with Crippen molar-refractivity contribution in [1.29, 1.82) is 0 Å². The first-order chi connectivity index (χ1) is 14.2. The summed E-state index contributed by atoms with van der Waals surface area (Å²) in [5.41, 5.74) is 4.67. The third-order valence-corrected chi connectivity index (χ3v) is 4.59. The van der Waals surface area contributed by atoms with Crippen molar-refractivity contribution in [1.82, 2.24) is 0 Å². The van der Waals surface area contributed by atoms with Gasteiger partial charge in [0, 0.05) is 11.1 Å². The number of carbonyl (C=O) groups excluding carboxylic acids is 1. The molecule has 0 saturated heterocycles. The summed E-state index contributed by atoms with van der Waals surface area (Å²) in [6.45, 7) is 1.98. The van der Waals surface area contributed by atoms with Gasteiger partial charge in [-0.05, 0) is 30.2 Å². The topological polar surface area (TPSA) is 35.5 Å². The number of aryl methyl sites for hydroxylation is 1. The fourth-order valence-electron chi connectivity index (χ4n) is 3.14. The van der Waals surface area contributed by atoms with Crippen LogP contribution in [0, 0.1) is 6.92 Å². The summed E-state index contributed by atoms with van der Waals surface area (Å²) >= 11 is 0. The minimum atomic E-state index is -0.769. The molecule has 142 valence electrons. The molecule has 4 aromatic rings. The first-order valence-electron chi connectivity index (χ1n) is 9.41. The van der Waals surface area contributed by atoms with Crippen LogP contribution in [0.2, 0.25) is 0 Å². The fraction of sp³-hybridized carbons (Fsp3) is 0.0385. The van der Waals surface area contributed by atoms with E-state index in [0.29, 0.717) is 11.5 Å². The molecule has 0 spiro atoms. The number of benzene rings is 4. The van der Waals surface area contributed by atoms with Crippen LogP contribution in [-0.4, -0.2) is 6.16 Å². The molecule has 0 aliphatic carbocycles. The van der Waals surface area contributed by atoms with Crippen LogP contribution in [0.3, 0.4) is 0 Å². The third-order valence-electron chi connectivity index (χ3n) is 4.59. The highest BCUT2D eigenvalue weighted by Gasteiger charge is 2.18. The molecule has 3 heteroatoms. The molecule has 0 fully saturated rings. The molecule has 0 aromatic heterocycles. The normalized spacial score (nSPS) is 10.4. The van der Waals surface area contributed by atoms with Crippen LogP contribution >= 0.6 is 0 Å². The average Bonchev–Trinajstić information content (AvgIpc) is 2.77. The van der Waals surface area contributed by atoms with E-state index in [1.165, 1.54) is 0 Å². The van der Waals surface area contributed by atoms with Gasteiger partial charge in [0.15, 0.2) is 0 Å². The van der Waals surface area contributed by atoms with Crippen molar-refractivity contribution in [3.05, 3.63) is 109 Å². The van der Waals surface area contributed by atoms with Gasteiger partial charge in [-0.25, -0.2) is 4.79 Å². The van der Waals surface area contributed by atoms with Crippen LogP contribution in [0.4, 0.5) is 4.79 Å². The lowest BCUT2D eigenvalue weighted by atomic mass is 9.97. The molecule has 0 radical (unpaired) electrons. The molecule has 29 heavy (non-hydrogen) atoms. The summed E-state index contributed by atoms with van der Waals surface area (Å²) in [6.07, 6.45) is -0.769. The zero-order valence-corrected chi connectivity index (χ0v) is 16.0. The summed E-state index contributed by atoms with van der Waals surface area (Å²) in [5.74, 6) is 0.918. The summed E-state index contributed by atoms with van der Waals surface area (Å²) < 4.78 is 11.2. The Hall–Kier alpha value is -3.85. The quantitative estimate of drug-likeness (QED) is 0.285. The Morgan fingerprint density at radius 1 is 0.586 bits per heavy atom. The van der Waals surface area contributed by atoms with E-state index in [9.17, 15) is 4.79 Å². The number of hydrogen-bond donors (Lipinski definition) is 0. The molecule has 0 atom stereocenters. The van der Waals surface area contributed by atoms with E-state index in [4.69, 9.17) is 9.47 Å². The second kappa shape index (κ2) is 8.44. The maximum atomic E-state index is 12.6. The van der Waals surface area contributed by atoms with Crippen LogP contribution in [-0.2, 0) is 0 Å². The molecule has 0 unspecified atom stereocenters. The summed E-state index contributed by atoms with van der Waals surface area (Å²) in [7, 11) is 0. The van der Waals surface area contributed by atoms with Crippen molar-refractivity contribution in [2.24, 2.45) is 0 Å². The van der Waals surface area contributed by atoms with Gasteiger partial charge < -0.3 is 9.47 Å². The van der Waals surface area contributed by atoms with Gasteiger partial charge >= 0.3 is 6.16 Å². The Kier molecular flexibility index (Phi) is 5.39. The lowest BCUT2D eigenvalue weighted by molar-refractivity contribution is 0.152. The van der Waals surface area contributed by atoms with E-state index < -0.39 is 6.16 Å². The summed E-state index contributed by atoms with van der Waals surface area (Å²) in [6, 6.07) is 32.8. The van der Waals surface area contributed by atoms with Crippen LogP contribution < -0.4 is 9.47 Å². The molecule has 3 nitrogen and oxygen atoms in total. The molecule has 0 heterocycles. The predicted molar refractivity (Wildman–Crippen MR) is 115 cm³/mol. The molecule has 4 rings (SSSR count). The van der Waals surface area contributed by atoms with Crippen LogP contribution in [0.1, 0.15) is 5.56 Å². The van der Waals surface area contributed by atoms with Gasteiger partial charge in [0.05, 0.1) is 0 Å². The lowest BCUT2D eigenvalue weighted by Gasteiger charge is -2.15. The largest absolute Gasteiger partial charge is 0.519 e. The van der Waals surface area contributed by atoms with Gasteiger partial charge in [-0.1, -0.05) is 96.6 Å². The molecule has 0 amide bonds. The molecule has 0 N–H and O–H groups in total. The number of para-hydroxylation sites is 1. The van der Waals surface area contributed by atoms with E-state index in [0.717, 1.165) is 27.8 Å². The average molecular weight is 380 g/mol. The van der Waals surface area contributed by atoms with Gasteiger partial charge in [0.1, 0.15) is 11.5 Å². The van der Waals surface area contributed by atoms with Crippen LogP contribution in [0.5, 0.6) is 11.5 Å². The van der Waals surface area contributed by atoms with Crippen LogP contribution in [0.15, 0.2) is 103 Å². The molecule has 0 aliphatic rings. The maximum Gasteiger partial charge on any atom is 0.519 e. The SMILES string of the molecule is Cc1ccc(OC(=O)Oc2c(-c3ccccc3)cccc2-c2ccccc2)cc1. The highest BCUT2D eigenvalue weighted by Crippen LogP contribution is 2.39. The minimum absolute atomic E-state index is 0.444. The molecule has 0 aliphatic heterocycles. The smallest absolute Gasteiger partial charge is 0.395 e. The number of carbonyl (C=O) groups is 1. The Morgan fingerprint density at radius 2 is 1.10 bits per heavy atom. The molecule has 0 bridgehead atoms. The van der Waals surface area contributed by atoms with Crippen LogP contribution in [0.25, 0.3) is 22.3 Å². The Morgan fingerprint density at radius 3 is 1.62 bits per heavy atom. The lowest BCUT2D eigenvalue weighted by Crippen LogP contribution is -2.15. The highest BCUT2D eigenvalue weighted by molar-refractivity contribution is 5.85. The van der Waals surface area contributed by atoms with Crippen molar-refractivity contribution in [2.45, 2.75) is 6.92 Å². The minimum Gasteiger partial charge on any atom is -0.395 e.